The van der Waals surface area contributed by atoms with E-state index in [1.54, 1.807) is 30.4 Å². The van der Waals surface area contributed by atoms with Crippen molar-refractivity contribution in [2.45, 2.75) is 50.7 Å². The number of alkyl halides is 1. The lowest BCUT2D eigenvalue weighted by Gasteiger charge is -2.38. The lowest BCUT2D eigenvalue weighted by Crippen LogP contribution is -2.45. The molecule has 0 radical (unpaired) electrons. The molecule has 4 aliphatic rings. The van der Waals surface area contributed by atoms with Crippen molar-refractivity contribution < 1.29 is 28.5 Å². The molecule has 1 fully saturated rings. The van der Waals surface area contributed by atoms with Crippen LogP contribution in [0.25, 0.3) is 16.6 Å². The van der Waals surface area contributed by atoms with Crippen molar-refractivity contribution in [3.8, 4) is 11.5 Å². The summed E-state index contributed by atoms with van der Waals surface area (Å²) in [6.07, 6.45) is 8.52. The summed E-state index contributed by atoms with van der Waals surface area (Å²) in [5.41, 5.74) is 2.32. The van der Waals surface area contributed by atoms with Crippen LogP contribution in [-0.4, -0.2) is 69.7 Å². The number of benzene rings is 2. The minimum absolute atomic E-state index is 0.111. The number of nitrogens with zero attached hydrogens (tertiary/aromatic N) is 3. The first kappa shape index (κ1) is 28.1. The highest BCUT2D eigenvalue weighted by Crippen LogP contribution is 2.44. The molecule has 0 spiro atoms. The fraction of sp³-hybridized carbons (Fsp3) is 0.394. The fourth-order valence-electron chi connectivity index (χ4n) is 6.38. The Morgan fingerprint density at radius 3 is 2.86 bits per heavy atom. The number of ether oxygens (including phenoxy) is 3. The summed E-state index contributed by atoms with van der Waals surface area (Å²) in [5, 5.41) is 9.92. The number of fused-ring (bicyclic) bond motifs is 2. The molecule has 10 heteroatoms. The molecule has 7 rings (SSSR count). The van der Waals surface area contributed by atoms with Crippen LogP contribution < -0.4 is 9.47 Å². The average molecular weight is 606 g/mol. The molecule has 2 aromatic carbocycles. The van der Waals surface area contributed by atoms with E-state index in [1.807, 2.05) is 18.2 Å². The van der Waals surface area contributed by atoms with Crippen molar-refractivity contribution >= 4 is 34.2 Å². The molecule has 0 saturated carbocycles. The third-order valence-corrected chi connectivity index (χ3v) is 9.08. The molecule has 4 atom stereocenters. The van der Waals surface area contributed by atoms with Gasteiger partial charge in [0.05, 0.1) is 41.7 Å². The largest absolute Gasteiger partial charge is 0.486 e. The Kier molecular flexibility index (Phi) is 7.27. The fourth-order valence-corrected chi connectivity index (χ4v) is 6.67. The topological polar surface area (TPSA) is 86.1 Å². The maximum Gasteiger partial charge on any atom is 0.335 e. The van der Waals surface area contributed by atoms with E-state index in [4.69, 9.17) is 30.8 Å². The minimum Gasteiger partial charge on any atom is -0.486 e. The van der Waals surface area contributed by atoms with Gasteiger partial charge < -0.3 is 23.9 Å². The van der Waals surface area contributed by atoms with E-state index in [9.17, 15) is 9.90 Å². The molecule has 1 aromatic heterocycles. The maximum atomic E-state index is 15.5. The van der Waals surface area contributed by atoms with Crippen molar-refractivity contribution in [1.82, 2.24) is 14.5 Å². The predicted molar refractivity (Wildman–Crippen MR) is 161 cm³/mol. The number of para-hydroxylation sites is 1. The summed E-state index contributed by atoms with van der Waals surface area (Å²) in [4.78, 5) is 18.8. The van der Waals surface area contributed by atoms with E-state index in [0.29, 0.717) is 36.2 Å². The molecular formula is C33H33ClFN3O5. The standard InChI is InChI=1S/C33H33ClFN3O5/c1-33(35)16-22(34)6-7-25(33)29-19-42-28-4-2-3-24(31(28)43-29)20-9-12-37(13-10-20)18-30-36-26-8-5-21(32(39)40)15-27(26)38(30)17-23-11-14-41-23/h2-9,15-16,23,25,29H,10-14,17-19H2,1H3,(H,39,40)/t23-,25?,29-,33?/m0/s1. The van der Waals surface area contributed by atoms with Crippen LogP contribution in [0.3, 0.4) is 0 Å². The van der Waals surface area contributed by atoms with Crippen LogP contribution in [-0.2, 0) is 17.8 Å². The van der Waals surface area contributed by atoms with Crippen molar-refractivity contribution in [2.75, 3.05) is 26.3 Å². The van der Waals surface area contributed by atoms with Crippen LogP contribution in [0, 0.1) is 5.92 Å². The monoisotopic (exact) mass is 605 g/mol. The summed E-state index contributed by atoms with van der Waals surface area (Å²) in [5.74, 6) is 0.732. The summed E-state index contributed by atoms with van der Waals surface area (Å²) in [7, 11) is 0. The first-order valence-electron chi connectivity index (χ1n) is 14.7. The Bertz CT molecular complexity index is 1670. The summed E-state index contributed by atoms with van der Waals surface area (Å²) in [6, 6.07) is 11.0. The van der Waals surface area contributed by atoms with Crippen LogP contribution in [0.4, 0.5) is 4.39 Å². The van der Waals surface area contributed by atoms with E-state index >= 15 is 4.39 Å². The highest BCUT2D eigenvalue weighted by molar-refractivity contribution is 6.31. The minimum atomic E-state index is -1.65. The molecule has 0 bridgehead atoms. The quantitative estimate of drug-likeness (QED) is 0.354. The second kappa shape index (κ2) is 11.1. The molecule has 8 nitrogen and oxygen atoms in total. The van der Waals surface area contributed by atoms with E-state index in [-0.39, 0.29) is 18.3 Å². The van der Waals surface area contributed by atoms with E-state index in [2.05, 4.69) is 15.5 Å². The predicted octanol–water partition coefficient (Wildman–Crippen LogP) is 5.99. The second-order valence-electron chi connectivity index (χ2n) is 11.8. The first-order valence-corrected chi connectivity index (χ1v) is 15.1. The van der Waals surface area contributed by atoms with E-state index in [1.165, 1.54) is 13.0 Å². The Hall–Kier alpha value is -3.66. The molecule has 43 heavy (non-hydrogen) atoms. The molecule has 0 amide bonds. The van der Waals surface area contributed by atoms with Gasteiger partial charge in [-0.2, -0.15) is 0 Å². The number of hydrogen-bond acceptors (Lipinski definition) is 6. The maximum absolute atomic E-state index is 15.5. The molecular weight excluding hydrogens is 573 g/mol. The third-order valence-electron chi connectivity index (χ3n) is 8.84. The number of aromatic carboxylic acids is 1. The number of allylic oxidation sites excluding steroid dienone is 3. The molecule has 224 valence electrons. The Balaban J connectivity index is 1.10. The molecule has 4 heterocycles. The number of carbonyl (C=O) groups is 1. The van der Waals surface area contributed by atoms with Gasteiger partial charge in [0.25, 0.3) is 0 Å². The molecule has 2 unspecified atom stereocenters. The zero-order valence-electron chi connectivity index (χ0n) is 23.8. The third kappa shape index (κ3) is 5.46. The van der Waals surface area contributed by atoms with E-state index < -0.39 is 23.7 Å². The van der Waals surface area contributed by atoms with Gasteiger partial charge in [0, 0.05) is 30.3 Å². The SMILES string of the molecule is CC1(F)C=C(Cl)C=CC1[C@@H]1COc2cccc(C3=CCN(Cc4nc5ccc(C(=O)O)cc5n4C[C@@H]4CCO4)CC3)c2O1. The zero-order chi connectivity index (χ0) is 29.7. The van der Waals surface area contributed by atoms with Crippen LogP contribution in [0.15, 0.2) is 65.7 Å². The molecule has 3 aromatic rings. The van der Waals surface area contributed by atoms with Gasteiger partial charge in [-0.3, -0.25) is 4.90 Å². The highest BCUT2D eigenvalue weighted by atomic mass is 35.5. The van der Waals surface area contributed by atoms with Crippen molar-refractivity contribution in [1.29, 1.82) is 0 Å². The number of carboxylic acid groups (broad SMARTS) is 1. The van der Waals surface area contributed by atoms with Gasteiger partial charge in [0.15, 0.2) is 11.5 Å². The van der Waals surface area contributed by atoms with Gasteiger partial charge in [-0.1, -0.05) is 35.9 Å². The van der Waals surface area contributed by atoms with Gasteiger partial charge in [-0.05, 0) is 61.8 Å². The second-order valence-corrected chi connectivity index (χ2v) is 12.2. The van der Waals surface area contributed by atoms with Gasteiger partial charge in [-0.15, -0.1) is 0 Å². The number of carboxylic acids is 1. The zero-order valence-corrected chi connectivity index (χ0v) is 24.6. The summed E-state index contributed by atoms with van der Waals surface area (Å²) >= 11 is 6.07. The van der Waals surface area contributed by atoms with Gasteiger partial charge in [0.1, 0.15) is 24.2 Å². The van der Waals surface area contributed by atoms with Crippen LogP contribution >= 0.6 is 11.6 Å². The van der Waals surface area contributed by atoms with Crippen molar-refractivity contribution in [3.05, 3.63) is 82.7 Å². The number of aromatic nitrogens is 2. The molecule has 1 saturated heterocycles. The molecule has 1 N–H and O–H groups in total. The number of hydrogen-bond donors (Lipinski definition) is 1. The van der Waals surface area contributed by atoms with Crippen molar-refractivity contribution in [3.63, 3.8) is 0 Å². The van der Waals surface area contributed by atoms with Crippen LogP contribution in [0.2, 0.25) is 0 Å². The Labute approximate surface area is 254 Å². The lowest BCUT2D eigenvalue weighted by atomic mass is 9.82. The number of rotatable bonds is 7. The number of halogens is 2. The Morgan fingerprint density at radius 2 is 2.14 bits per heavy atom. The van der Waals surface area contributed by atoms with Crippen LogP contribution in [0.5, 0.6) is 11.5 Å². The van der Waals surface area contributed by atoms with Gasteiger partial charge in [0.2, 0.25) is 0 Å². The normalized spacial score (nSPS) is 27.0. The highest BCUT2D eigenvalue weighted by Gasteiger charge is 2.42. The van der Waals surface area contributed by atoms with E-state index in [0.717, 1.165) is 54.0 Å². The van der Waals surface area contributed by atoms with Gasteiger partial charge >= 0.3 is 5.97 Å². The number of imidazole rings is 1. The molecule has 3 aliphatic heterocycles. The van der Waals surface area contributed by atoms with Crippen molar-refractivity contribution in [2.24, 2.45) is 5.92 Å². The average Bonchev–Trinajstić information content (AvgIpc) is 3.30. The summed E-state index contributed by atoms with van der Waals surface area (Å²) in [6.45, 7) is 5.32. The van der Waals surface area contributed by atoms with Crippen LogP contribution in [0.1, 0.15) is 41.5 Å². The molecule has 1 aliphatic carbocycles. The lowest BCUT2D eigenvalue weighted by molar-refractivity contribution is -0.0591. The smallest absolute Gasteiger partial charge is 0.335 e. The van der Waals surface area contributed by atoms with Gasteiger partial charge in [-0.25, -0.2) is 14.2 Å². The first-order chi connectivity index (χ1) is 20.7. The summed E-state index contributed by atoms with van der Waals surface area (Å²) < 4.78 is 35.8. The Morgan fingerprint density at radius 1 is 1.28 bits per heavy atom.